The number of imide groups is 1. The first-order valence-corrected chi connectivity index (χ1v) is 10.2. The molecule has 2 N–H and O–H groups in total. The Morgan fingerprint density at radius 3 is 2.59 bits per heavy atom. The lowest BCUT2D eigenvalue weighted by Gasteiger charge is -2.14. The van der Waals surface area contributed by atoms with Gasteiger partial charge in [0.25, 0.3) is 11.8 Å². The van der Waals surface area contributed by atoms with E-state index in [1.54, 1.807) is 18.2 Å². The summed E-state index contributed by atoms with van der Waals surface area (Å²) < 4.78 is 1.86. The van der Waals surface area contributed by atoms with E-state index in [0.717, 1.165) is 19.3 Å². The van der Waals surface area contributed by atoms with Crippen LogP contribution in [0.25, 0.3) is 0 Å². The van der Waals surface area contributed by atoms with Crippen LogP contribution in [0.4, 0.5) is 10.5 Å². The van der Waals surface area contributed by atoms with Gasteiger partial charge in [-0.2, -0.15) is 0 Å². The van der Waals surface area contributed by atoms with E-state index >= 15 is 0 Å². The second-order valence-electron chi connectivity index (χ2n) is 6.15. The molecule has 27 heavy (non-hydrogen) atoms. The Morgan fingerprint density at radius 1 is 1.11 bits per heavy atom. The van der Waals surface area contributed by atoms with Crippen LogP contribution in [0.1, 0.15) is 32.7 Å². The zero-order valence-corrected chi connectivity index (χ0v) is 18.3. The Balaban J connectivity index is 1.48. The van der Waals surface area contributed by atoms with Crippen LogP contribution in [-0.4, -0.2) is 35.8 Å². The summed E-state index contributed by atoms with van der Waals surface area (Å²) in [6.07, 6.45) is 0.478. The average molecular weight is 542 g/mol. The first-order valence-electron chi connectivity index (χ1n) is 8.33. The first-order chi connectivity index (χ1) is 12.9. The number of fused-ring (bicyclic) bond motifs is 1. The minimum absolute atomic E-state index is 0.257. The number of anilines is 1. The third kappa shape index (κ3) is 4.49. The van der Waals surface area contributed by atoms with Gasteiger partial charge in [0.05, 0.1) is 11.1 Å². The van der Waals surface area contributed by atoms with E-state index in [1.807, 2.05) is 25.1 Å². The maximum absolute atomic E-state index is 12.4. The normalized spacial score (nSPS) is 12.9. The van der Waals surface area contributed by atoms with Crippen LogP contribution in [0.15, 0.2) is 40.9 Å². The molecule has 140 valence electrons. The monoisotopic (exact) mass is 541 g/mol. The van der Waals surface area contributed by atoms with E-state index < -0.39 is 0 Å². The molecule has 2 aromatic rings. The summed E-state index contributed by atoms with van der Waals surface area (Å²) in [5.41, 5.74) is 2.56. The van der Waals surface area contributed by atoms with Crippen LogP contribution < -0.4 is 10.6 Å². The molecule has 0 saturated heterocycles. The Bertz CT molecular complexity index is 932. The summed E-state index contributed by atoms with van der Waals surface area (Å²) in [7, 11) is 0. The summed E-state index contributed by atoms with van der Waals surface area (Å²) in [5, 5.41) is 5.55. The first kappa shape index (κ1) is 19.8. The van der Waals surface area contributed by atoms with Crippen molar-refractivity contribution in [3.8, 4) is 0 Å². The number of benzene rings is 2. The zero-order valence-electron chi connectivity index (χ0n) is 14.5. The summed E-state index contributed by atoms with van der Waals surface area (Å²) in [6.45, 7) is 2.54. The van der Waals surface area contributed by atoms with E-state index in [9.17, 15) is 14.4 Å². The fourth-order valence-corrected chi connectivity index (χ4v) is 3.85. The maximum atomic E-state index is 12.4. The number of amides is 4. The number of nitrogens with one attached hydrogen (secondary N) is 2. The fourth-order valence-electron chi connectivity index (χ4n) is 2.84. The molecule has 3 rings (SSSR count). The number of hydrogen-bond donors (Lipinski definition) is 2. The molecule has 6 nitrogen and oxygen atoms in total. The summed E-state index contributed by atoms with van der Waals surface area (Å²) in [4.78, 5) is 38.0. The Morgan fingerprint density at radius 2 is 1.85 bits per heavy atom. The predicted octanol–water partition coefficient (Wildman–Crippen LogP) is 4.17. The van der Waals surface area contributed by atoms with Gasteiger partial charge in [-0.1, -0.05) is 15.9 Å². The topological polar surface area (TPSA) is 78.5 Å². The second-order valence-corrected chi connectivity index (χ2v) is 8.31. The lowest BCUT2D eigenvalue weighted by atomic mass is 10.1. The minimum Gasteiger partial charge on any atom is -0.338 e. The fraction of sp³-hybridized carbons (Fsp3) is 0.211. The molecule has 0 spiro atoms. The Labute approximate surface area is 179 Å². The van der Waals surface area contributed by atoms with Gasteiger partial charge in [0.2, 0.25) is 0 Å². The molecule has 1 aliphatic heterocycles. The van der Waals surface area contributed by atoms with E-state index in [-0.39, 0.29) is 24.4 Å². The number of nitrogens with zero attached hydrogens (tertiary/aromatic N) is 1. The Kier molecular flexibility index (Phi) is 6.15. The van der Waals surface area contributed by atoms with Crippen LogP contribution in [0.3, 0.4) is 0 Å². The van der Waals surface area contributed by atoms with Gasteiger partial charge in [0.1, 0.15) is 0 Å². The highest BCUT2D eigenvalue weighted by Crippen LogP contribution is 2.26. The van der Waals surface area contributed by atoms with Crippen molar-refractivity contribution >= 4 is 62.1 Å². The highest BCUT2D eigenvalue weighted by Gasteiger charge is 2.34. The highest BCUT2D eigenvalue weighted by molar-refractivity contribution is 14.1. The number of halogens is 2. The van der Waals surface area contributed by atoms with Crippen molar-refractivity contribution in [1.29, 1.82) is 0 Å². The van der Waals surface area contributed by atoms with Crippen molar-refractivity contribution in [2.24, 2.45) is 0 Å². The molecule has 0 aromatic heterocycles. The van der Waals surface area contributed by atoms with Crippen molar-refractivity contribution in [2.45, 2.75) is 13.3 Å². The lowest BCUT2D eigenvalue weighted by Crippen LogP contribution is -2.35. The molecule has 0 radical (unpaired) electrons. The molecule has 4 amide bonds. The van der Waals surface area contributed by atoms with Gasteiger partial charge in [0.15, 0.2) is 0 Å². The van der Waals surface area contributed by atoms with Gasteiger partial charge in [-0.05, 0) is 77.9 Å². The number of aryl methyl sites for hydroxylation is 1. The van der Waals surface area contributed by atoms with Crippen LogP contribution in [0.2, 0.25) is 0 Å². The molecular weight excluding hydrogens is 525 g/mol. The van der Waals surface area contributed by atoms with Gasteiger partial charge in [-0.3, -0.25) is 14.5 Å². The van der Waals surface area contributed by atoms with Crippen molar-refractivity contribution < 1.29 is 14.4 Å². The summed E-state index contributed by atoms with van der Waals surface area (Å²) in [6, 6.07) is 10.5. The smallest absolute Gasteiger partial charge is 0.319 e. The molecule has 0 unspecified atom stereocenters. The van der Waals surface area contributed by atoms with Gasteiger partial charge < -0.3 is 10.6 Å². The van der Waals surface area contributed by atoms with Gasteiger partial charge in [0, 0.05) is 26.8 Å². The molecule has 2 aromatic carbocycles. The van der Waals surface area contributed by atoms with Crippen LogP contribution >= 0.6 is 38.5 Å². The molecule has 0 aliphatic carbocycles. The van der Waals surface area contributed by atoms with Gasteiger partial charge >= 0.3 is 6.03 Å². The summed E-state index contributed by atoms with van der Waals surface area (Å²) in [5.74, 6) is -0.586. The van der Waals surface area contributed by atoms with E-state index in [0.29, 0.717) is 24.1 Å². The third-order valence-corrected chi connectivity index (χ3v) is 5.38. The molecule has 1 aliphatic rings. The SMILES string of the molecule is Cc1cc(I)ccc1NC(=O)NCCCN1C(=O)c2ccc(Br)cc2C1=O. The Hall–Kier alpha value is -1.94. The van der Waals surface area contributed by atoms with Crippen LogP contribution in [-0.2, 0) is 0 Å². The van der Waals surface area contributed by atoms with Crippen molar-refractivity contribution in [3.63, 3.8) is 0 Å². The third-order valence-electron chi connectivity index (χ3n) is 4.21. The number of hydrogen-bond acceptors (Lipinski definition) is 3. The van der Waals surface area contributed by atoms with E-state index in [1.165, 1.54) is 4.90 Å². The van der Waals surface area contributed by atoms with Crippen molar-refractivity contribution in [3.05, 3.63) is 61.1 Å². The van der Waals surface area contributed by atoms with Crippen molar-refractivity contribution in [1.82, 2.24) is 10.2 Å². The molecule has 1 heterocycles. The van der Waals surface area contributed by atoms with Crippen LogP contribution in [0.5, 0.6) is 0 Å². The van der Waals surface area contributed by atoms with E-state index in [4.69, 9.17) is 0 Å². The molecular formula is C19H17BrIN3O3. The number of rotatable bonds is 5. The minimum atomic E-state index is -0.314. The highest BCUT2D eigenvalue weighted by atomic mass is 127. The number of carbonyl (C=O) groups is 3. The number of carbonyl (C=O) groups excluding carboxylic acids is 3. The van der Waals surface area contributed by atoms with Gasteiger partial charge in [-0.15, -0.1) is 0 Å². The molecule has 8 heteroatoms. The van der Waals surface area contributed by atoms with E-state index in [2.05, 4.69) is 49.2 Å². The standard InChI is InChI=1S/C19H17BrIN3O3/c1-11-9-13(21)4-6-16(11)23-19(27)22-7-2-8-24-17(25)14-5-3-12(20)10-15(14)18(24)26/h3-6,9-10H,2,7-8H2,1H3,(H2,22,23,27). The molecule has 0 atom stereocenters. The largest absolute Gasteiger partial charge is 0.338 e. The molecule has 0 saturated carbocycles. The summed E-state index contributed by atoms with van der Waals surface area (Å²) >= 11 is 5.53. The quantitative estimate of drug-likeness (QED) is 0.339. The second kappa shape index (κ2) is 8.39. The lowest BCUT2D eigenvalue weighted by molar-refractivity contribution is 0.0653. The maximum Gasteiger partial charge on any atom is 0.319 e. The predicted molar refractivity (Wildman–Crippen MR) is 115 cm³/mol. The molecule has 0 bridgehead atoms. The number of urea groups is 1. The average Bonchev–Trinajstić information content (AvgIpc) is 2.85. The molecule has 0 fully saturated rings. The van der Waals surface area contributed by atoms with Crippen molar-refractivity contribution in [2.75, 3.05) is 18.4 Å². The zero-order chi connectivity index (χ0) is 19.6. The van der Waals surface area contributed by atoms with Gasteiger partial charge in [-0.25, -0.2) is 4.79 Å². The van der Waals surface area contributed by atoms with Crippen LogP contribution in [0, 0.1) is 10.5 Å².